The van der Waals surface area contributed by atoms with Gasteiger partial charge in [-0.2, -0.15) is 0 Å². The molecule has 1 heterocycles. The number of sulfonamides is 1. The Kier molecular flexibility index (Phi) is 6.18. The fourth-order valence-electron chi connectivity index (χ4n) is 3.04. The molecule has 118 valence electrons. The lowest BCUT2D eigenvalue weighted by atomic mass is 10.0. The van der Waals surface area contributed by atoms with E-state index < -0.39 is 10.0 Å². The summed E-state index contributed by atoms with van der Waals surface area (Å²) in [5.41, 5.74) is 0.959. The van der Waals surface area contributed by atoms with Crippen LogP contribution in [0.25, 0.3) is 0 Å². The number of pyridine rings is 1. The Morgan fingerprint density at radius 1 is 1.38 bits per heavy atom. The molecule has 0 radical (unpaired) electrons. The molecule has 0 bridgehead atoms. The number of hydrogen-bond donors (Lipinski definition) is 1. The van der Waals surface area contributed by atoms with Crippen molar-refractivity contribution in [2.75, 3.05) is 5.75 Å². The summed E-state index contributed by atoms with van der Waals surface area (Å²) in [6.45, 7) is 2.12. The summed E-state index contributed by atoms with van der Waals surface area (Å²) >= 11 is 0. The van der Waals surface area contributed by atoms with Crippen LogP contribution in [0.15, 0.2) is 24.5 Å². The number of nitrogens with one attached hydrogen (secondary N) is 1. The molecule has 1 aromatic rings. The van der Waals surface area contributed by atoms with E-state index in [1.807, 2.05) is 12.1 Å². The molecule has 1 N–H and O–H groups in total. The van der Waals surface area contributed by atoms with E-state index in [-0.39, 0.29) is 11.8 Å². The zero-order valence-electron chi connectivity index (χ0n) is 12.8. The van der Waals surface area contributed by atoms with Crippen LogP contribution in [0.5, 0.6) is 0 Å². The molecule has 0 amide bonds. The van der Waals surface area contributed by atoms with E-state index in [9.17, 15) is 8.42 Å². The molecule has 4 nitrogen and oxygen atoms in total. The highest BCUT2D eigenvalue weighted by atomic mass is 32.2. The molecule has 0 aromatic carbocycles. The Bertz CT molecular complexity index is 510. The van der Waals surface area contributed by atoms with Crippen LogP contribution < -0.4 is 4.72 Å². The minimum atomic E-state index is -3.22. The smallest absolute Gasteiger partial charge is 0.212 e. The number of hydrogen-bond acceptors (Lipinski definition) is 3. The highest BCUT2D eigenvalue weighted by Gasteiger charge is 2.25. The Morgan fingerprint density at radius 3 is 2.76 bits per heavy atom. The molecular weight excluding hydrogens is 284 g/mol. The predicted molar refractivity (Wildman–Crippen MR) is 85.4 cm³/mol. The lowest BCUT2D eigenvalue weighted by molar-refractivity contribution is 0.509. The molecule has 0 aliphatic heterocycles. The van der Waals surface area contributed by atoms with E-state index in [2.05, 4.69) is 16.6 Å². The fraction of sp³-hybridized carbons (Fsp3) is 0.688. The van der Waals surface area contributed by atoms with Crippen LogP contribution in [-0.2, 0) is 10.0 Å². The van der Waals surface area contributed by atoms with Gasteiger partial charge in [0.2, 0.25) is 10.0 Å². The number of aromatic nitrogens is 1. The Balaban J connectivity index is 2.03. The van der Waals surface area contributed by atoms with E-state index in [1.54, 1.807) is 12.4 Å². The van der Waals surface area contributed by atoms with Crippen LogP contribution in [0.3, 0.4) is 0 Å². The highest BCUT2D eigenvalue weighted by molar-refractivity contribution is 7.89. The number of nitrogens with zero attached hydrogens (tertiary/aromatic N) is 1. The first-order valence-electron chi connectivity index (χ1n) is 8.00. The summed E-state index contributed by atoms with van der Waals surface area (Å²) in [5.74, 6) is 0.610. The summed E-state index contributed by atoms with van der Waals surface area (Å²) in [7, 11) is -3.22. The second-order valence-electron chi connectivity index (χ2n) is 6.03. The van der Waals surface area contributed by atoms with E-state index in [4.69, 9.17) is 0 Å². The lowest BCUT2D eigenvalue weighted by Crippen LogP contribution is -2.33. The summed E-state index contributed by atoms with van der Waals surface area (Å²) in [6.07, 6.45) is 10.8. The molecule has 21 heavy (non-hydrogen) atoms. The largest absolute Gasteiger partial charge is 0.264 e. The molecule has 1 aromatic heterocycles. The second kappa shape index (κ2) is 7.90. The first-order valence-corrected chi connectivity index (χ1v) is 9.66. The summed E-state index contributed by atoms with van der Waals surface area (Å²) in [5, 5.41) is 0. The van der Waals surface area contributed by atoms with Gasteiger partial charge in [0.25, 0.3) is 0 Å². The van der Waals surface area contributed by atoms with Gasteiger partial charge >= 0.3 is 0 Å². The second-order valence-corrected chi connectivity index (χ2v) is 7.83. The normalized spacial score (nSPS) is 18.0. The van der Waals surface area contributed by atoms with Gasteiger partial charge in [-0.3, -0.25) is 4.98 Å². The first-order chi connectivity index (χ1) is 10.1. The van der Waals surface area contributed by atoms with Crippen molar-refractivity contribution < 1.29 is 8.42 Å². The average Bonchev–Trinajstić information content (AvgIpc) is 2.96. The fourth-order valence-corrected chi connectivity index (χ4v) is 4.77. The third-order valence-electron chi connectivity index (χ3n) is 4.18. The monoisotopic (exact) mass is 310 g/mol. The number of unbranched alkanes of at least 4 members (excludes halogenated alkanes) is 1. The van der Waals surface area contributed by atoms with Gasteiger partial charge in [0.15, 0.2) is 0 Å². The van der Waals surface area contributed by atoms with Gasteiger partial charge in [-0.05, 0) is 36.8 Å². The number of rotatable bonds is 8. The van der Waals surface area contributed by atoms with Crippen LogP contribution in [-0.4, -0.2) is 19.2 Å². The van der Waals surface area contributed by atoms with Gasteiger partial charge in [-0.1, -0.05) is 38.7 Å². The van der Waals surface area contributed by atoms with Gasteiger partial charge < -0.3 is 0 Å². The zero-order valence-corrected chi connectivity index (χ0v) is 13.6. The highest BCUT2D eigenvalue weighted by Crippen LogP contribution is 2.27. The van der Waals surface area contributed by atoms with E-state index in [0.717, 1.165) is 37.7 Å². The van der Waals surface area contributed by atoms with Crippen molar-refractivity contribution in [3.8, 4) is 0 Å². The average molecular weight is 310 g/mol. The molecule has 1 fully saturated rings. The Hall–Kier alpha value is -0.940. The van der Waals surface area contributed by atoms with Crippen molar-refractivity contribution in [3.05, 3.63) is 30.1 Å². The third-order valence-corrected chi connectivity index (χ3v) is 5.74. The molecule has 0 saturated heterocycles. The summed E-state index contributed by atoms with van der Waals surface area (Å²) in [4.78, 5) is 4.11. The van der Waals surface area contributed by atoms with Crippen molar-refractivity contribution in [1.82, 2.24) is 9.71 Å². The third kappa shape index (κ3) is 5.40. The molecule has 2 rings (SSSR count). The Morgan fingerprint density at radius 2 is 2.14 bits per heavy atom. The van der Waals surface area contributed by atoms with Gasteiger partial charge in [0, 0.05) is 18.4 Å². The van der Waals surface area contributed by atoms with Crippen LogP contribution in [0.1, 0.15) is 63.5 Å². The van der Waals surface area contributed by atoms with Crippen molar-refractivity contribution in [3.63, 3.8) is 0 Å². The summed E-state index contributed by atoms with van der Waals surface area (Å²) in [6, 6.07) is 3.66. The molecule has 1 atom stereocenters. The van der Waals surface area contributed by atoms with Gasteiger partial charge in [0.1, 0.15) is 0 Å². The molecule has 0 spiro atoms. The quantitative estimate of drug-likeness (QED) is 0.800. The van der Waals surface area contributed by atoms with E-state index in [0.29, 0.717) is 5.92 Å². The zero-order chi connectivity index (χ0) is 15.1. The van der Waals surface area contributed by atoms with Crippen molar-refractivity contribution in [2.45, 2.75) is 57.9 Å². The standard InChI is InChI=1S/C16H26N2O2S/c1-2-3-10-16(15-9-6-11-17-12-15)18-21(19,20)13-14-7-4-5-8-14/h6,9,11-12,14,16,18H,2-5,7-8,10,13H2,1H3. The van der Waals surface area contributed by atoms with Gasteiger partial charge in [-0.15, -0.1) is 0 Å². The van der Waals surface area contributed by atoms with E-state index in [1.165, 1.54) is 12.8 Å². The SMILES string of the molecule is CCCCC(NS(=O)(=O)CC1CCCC1)c1cccnc1. The van der Waals surface area contributed by atoms with Crippen molar-refractivity contribution >= 4 is 10.0 Å². The van der Waals surface area contributed by atoms with Gasteiger partial charge in [0.05, 0.1) is 5.75 Å². The molecule has 1 saturated carbocycles. The molecule has 1 aliphatic carbocycles. The maximum Gasteiger partial charge on any atom is 0.212 e. The van der Waals surface area contributed by atoms with Crippen molar-refractivity contribution in [1.29, 1.82) is 0 Å². The molecule has 1 unspecified atom stereocenters. The van der Waals surface area contributed by atoms with Gasteiger partial charge in [-0.25, -0.2) is 13.1 Å². The van der Waals surface area contributed by atoms with Crippen LogP contribution in [0, 0.1) is 5.92 Å². The van der Waals surface area contributed by atoms with Crippen molar-refractivity contribution in [2.24, 2.45) is 5.92 Å². The maximum atomic E-state index is 12.4. The minimum Gasteiger partial charge on any atom is -0.264 e. The Labute approximate surface area is 128 Å². The van der Waals surface area contributed by atoms with Crippen LogP contribution in [0.2, 0.25) is 0 Å². The molecule has 1 aliphatic rings. The summed E-state index contributed by atoms with van der Waals surface area (Å²) < 4.78 is 27.7. The van der Waals surface area contributed by atoms with E-state index >= 15 is 0 Å². The van der Waals surface area contributed by atoms with Crippen LogP contribution in [0.4, 0.5) is 0 Å². The first kappa shape index (κ1) is 16.4. The molecular formula is C16H26N2O2S. The molecule has 5 heteroatoms. The van der Waals surface area contributed by atoms with Crippen LogP contribution >= 0.6 is 0 Å². The maximum absolute atomic E-state index is 12.4. The lowest BCUT2D eigenvalue weighted by Gasteiger charge is -2.20. The predicted octanol–water partition coefficient (Wildman–Crippen LogP) is 3.42. The minimum absolute atomic E-state index is 0.148. The topological polar surface area (TPSA) is 59.1 Å².